The molecule has 0 fully saturated rings. The summed E-state index contributed by atoms with van der Waals surface area (Å²) in [5.74, 6) is 8.00. The van der Waals surface area contributed by atoms with Gasteiger partial charge in [0, 0.05) is 10.4 Å². The Morgan fingerprint density at radius 3 is 1.00 bits per heavy atom. The van der Waals surface area contributed by atoms with Gasteiger partial charge in [-0.3, -0.25) is 20.1 Å². The van der Waals surface area contributed by atoms with Crippen LogP contribution in [-0.4, -0.2) is 17.5 Å². The maximum atomic E-state index is 8.52. The van der Waals surface area contributed by atoms with Gasteiger partial charge < -0.3 is 21.4 Å². The summed E-state index contributed by atoms with van der Waals surface area (Å²) in [7, 11) is -5.17. The number of rotatable bonds is 0. The van der Waals surface area contributed by atoms with Gasteiger partial charge in [-0.1, -0.05) is 0 Å². The summed E-state index contributed by atoms with van der Waals surface area (Å²) in [6.45, 7) is 0. The number of hydrazine groups is 1. The smallest absolute Gasteiger partial charge is 0.0311 e. The van der Waals surface area contributed by atoms with E-state index in [1.165, 1.54) is 0 Å². The zero-order chi connectivity index (χ0) is 6.50. The molecule has 62 valence electrons. The summed E-state index contributed by atoms with van der Waals surface area (Å²) in [6.07, 6.45) is 0. The molecule has 9 heavy (non-hydrogen) atoms. The second-order valence-electron chi connectivity index (χ2n) is 0.408. The summed E-state index contributed by atoms with van der Waals surface area (Å²) in [5.41, 5.74) is 0. The zero-order valence-electron chi connectivity index (χ0n) is 5.20. The van der Waals surface area contributed by atoms with E-state index in [0.29, 0.717) is 0 Å². The Kier molecular flexibility index (Phi) is 27.6. The average Bonchev–Trinajstić information content (AvgIpc) is 1.36. The van der Waals surface area contributed by atoms with Gasteiger partial charge in [-0.05, 0) is 0 Å². The highest BCUT2D eigenvalue weighted by atomic mass is 32.3. The van der Waals surface area contributed by atoms with E-state index in [2.05, 4.69) is 11.7 Å². The summed E-state index contributed by atoms with van der Waals surface area (Å²) >= 11 is 0. The predicted octanol–water partition coefficient (Wildman–Crippen LogP) is -1.77. The first-order valence-corrected chi connectivity index (χ1v) is 2.33. The number of hydrogen-bond donors (Lipinski definition) is 4. The molecule has 9 heteroatoms. The van der Waals surface area contributed by atoms with E-state index >= 15 is 0 Å². The predicted molar refractivity (Wildman–Crippen MR) is 30.8 cm³/mol. The van der Waals surface area contributed by atoms with E-state index in [-0.39, 0.29) is 12.3 Å². The van der Waals surface area contributed by atoms with E-state index in [9.17, 15) is 0 Å². The zero-order valence-corrected chi connectivity index (χ0v) is 6.01. The number of quaternary nitrogens is 2. The van der Waals surface area contributed by atoms with Crippen LogP contribution in [0.1, 0.15) is 0 Å². The van der Waals surface area contributed by atoms with Crippen molar-refractivity contribution in [1.82, 2.24) is 12.3 Å². The maximum absolute atomic E-state index is 8.52. The van der Waals surface area contributed by atoms with Crippen molar-refractivity contribution in [2.24, 2.45) is 11.7 Å². The van der Waals surface area contributed by atoms with Crippen LogP contribution in [-0.2, 0) is 10.4 Å². The molecule has 0 aromatic carbocycles. The first-order valence-electron chi connectivity index (χ1n) is 1.00. The lowest BCUT2D eigenvalue weighted by Crippen LogP contribution is -2.02. The molecule has 0 saturated heterocycles. The molecule has 0 aromatic heterocycles. The molecule has 0 heterocycles. The van der Waals surface area contributed by atoms with Crippen molar-refractivity contribution in [2.45, 2.75) is 0 Å². The van der Waals surface area contributed by atoms with Crippen molar-refractivity contribution in [3.63, 3.8) is 0 Å². The molecule has 0 spiro atoms. The van der Waals surface area contributed by atoms with Gasteiger partial charge in [-0.15, -0.1) is 0 Å². The third-order valence-corrected chi connectivity index (χ3v) is 0. The Balaban J connectivity index is -0.0000000286. The Bertz CT molecular complexity index is 95.7. The first kappa shape index (κ1) is 23.3. The lowest BCUT2D eigenvalue weighted by atomic mass is 13.0. The molecule has 0 aliphatic carbocycles. The molecule has 0 aliphatic rings. The molecule has 0 aliphatic heterocycles. The molecule has 12 N–H and O–H groups in total. The van der Waals surface area contributed by atoms with Gasteiger partial charge in [0.05, 0.1) is 0 Å². The monoisotopic (exact) mass is 164 g/mol. The van der Waals surface area contributed by atoms with Crippen molar-refractivity contribution in [3.05, 3.63) is 0 Å². The van der Waals surface area contributed by atoms with E-state index in [4.69, 9.17) is 17.5 Å². The van der Waals surface area contributed by atoms with Gasteiger partial charge in [0.1, 0.15) is 0 Å². The SMILES string of the molecule is NN.O=S(=O)([O-])[O-].[NH4+].[NH4+]. The van der Waals surface area contributed by atoms with Gasteiger partial charge in [-0.2, -0.15) is 0 Å². The van der Waals surface area contributed by atoms with Crippen LogP contribution in [0.15, 0.2) is 0 Å². The quantitative estimate of drug-likeness (QED) is 0.141. The van der Waals surface area contributed by atoms with Crippen molar-refractivity contribution in [3.8, 4) is 0 Å². The van der Waals surface area contributed by atoms with Crippen molar-refractivity contribution in [1.29, 1.82) is 0 Å². The van der Waals surface area contributed by atoms with E-state index in [1.807, 2.05) is 0 Å². The van der Waals surface area contributed by atoms with E-state index < -0.39 is 10.4 Å². The summed E-state index contributed by atoms with van der Waals surface area (Å²) in [6, 6.07) is 0. The van der Waals surface area contributed by atoms with E-state index in [0.717, 1.165) is 0 Å². The van der Waals surface area contributed by atoms with Crippen molar-refractivity contribution < 1.29 is 17.5 Å². The van der Waals surface area contributed by atoms with Crippen molar-refractivity contribution in [2.75, 3.05) is 0 Å². The molecule has 0 aromatic rings. The van der Waals surface area contributed by atoms with Crippen LogP contribution in [0.25, 0.3) is 0 Å². The van der Waals surface area contributed by atoms with E-state index in [1.54, 1.807) is 0 Å². The van der Waals surface area contributed by atoms with Crippen LogP contribution in [0.5, 0.6) is 0 Å². The normalized spacial score (nSPS) is 7.11. The summed E-state index contributed by atoms with van der Waals surface area (Å²) in [4.78, 5) is 0. The molecule has 0 unspecified atom stereocenters. The van der Waals surface area contributed by atoms with Crippen LogP contribution in [0.2, 0.25) is 0 Å². The van der Waals surface area contributed by atoms with Gasteiger partial charge in [0.15, 0.2) is 0 Å². The second kappa shape index (κ2) is 10.6. The summed E-state index contributed by atoms with van der Waals surface area (Å²) < 4.78 is 34.1. The number of nitrogens with two attached hydrogens (primary N) is 2. The highest BCUT2D eigenvalue weighted by Crippen LogP contribution is 1.57. The maximum Gasteiger partial charge on any atom is 0.0311 e. The van der Waals surface area contributed by atoms with Gasteiger partial charge >= 0.3 is 0 Å². The topological polar surface area (TPSA) is 205 Å². The molecule has 0 saturated carbocycles. The minimum atomic E-state index is -5.17. The van der Waals surface area contributed by atoms with Crippen LogP contribution >= 0.6 is 0 Å². The Morgan fingerprint density at radius 2 is 1.00 bits per heavy atom. The largest absolute Gasteiger partial charge is 0.759 e. The fraction of sp³-hybridized carbons (Fsp3) is 0. The Labute approximate surface area is 52.9 Å². The standard InChI is InChI=1S/H4N2.2H3N.H2O4S/c1-2;;;1-5(2,3)4/h1-2H2;2*1H3;(H2,1,2,3,4). The molecule has 0 rings (SSSR count). The van der Waals surface area contributed by atoms with Crippen LogP contribution < -0.4 is 24.0 Å². The molecule has 0 amide bonds. The molecule has 0 bridgehead atoms. The fourth-order valence-corrected chi connectivity index (χ4v) is 0. The third kappa shape index (κ3) is 2990. The molecular weight excluding hydrogens is 152 g/mol. The van der Waals surface area contributed by atoms with Gasteiger partial charge in [-0.25, -0.2) is 0 Å². The fourth-order valence-electron chi connectivity index (χ4n) is 0. The Morgan fingerprint density at radius 1 is 1.00 bits per heavy atom. The third-order valence-electron chi connectivity index (χ3n) is 0. The molecular formula is H12N4O4S. The minimum absolute atomic E-state index is 0. The van der Waals surface area contributed by atoms with Crippen LogP contribution in [0.3, 0.4) is 0 Å². The van der Waals surface area contributed by atoms with Crippen molar-refractivity contribution >= 4 is 10.4 Å². The Hall–Kier alpha value is -0.290. The molecule has 0 atom stereocenters. The molecule has 0 radical (unpaired) electrons. The van der Waals surface area contributed by atoms with Crippen LogP contribution in [0, 0.1) is 0 Å². The lowest BCUT2D eigenvalue weighted by molar-refractivity contribution is 0.352. The lowest BCUT2D eigenvalue weighted by Gasteiger charge is -2.06. The second-order valence-corrected chi connectivity index (χ2v) is 1.22. The molecule has 8 nitrogen and oxygen atoms in total. The minimum Gasteiger partial charge on any atom is -0.759 e. The van der Waals surface area contributed by atoms with Gasteiger partial charge in [0.2, 0.25) is 0 Å². The summed E-state index contributed by atoms with van der Waals surface area (Å²) in [5, 5.41) is 0. The van der Waals surface area contributed by atoms with Crippen LogP contribution in [0.4, 0.5) is 0 Å². The highest BCUT2D eigenvalue weighted by molar-refractivity contribution is 7.79. The van der Waals surface area contributed by atoms with Gasteiger partial charge in [0.25, 0.3) is 0 Å². The average molecular weight is 164 g/mol. The highest BCUT2D eigenvalue weighted by Gasteiger charge is 1.49. The number of hydrogen-bond acceptors (Lipinski definition) is 6. The first-order chi connectivity index (χ1) is 3.00.